The third kappa shape index (κ3) is 5.29. The van der Waals surface area contributed by atoms with E-state index in [0.29, 0.717) is 10.8 Å². The van der Waals surface area contributed by atoms with E-state index in [1.54, 1.807) is 30.5 Å². The van der Waals surface area contributed by atoms with Crippen LogP contribution in [0.3, 0.4) is 0 Å². The molecule has 0 aliphatic heterocycles. The number of fused-ring (bicyclic) bond motifs is 1. The Morgan fingerprint density at radius 2 is 1.77 bits per heavy atom. The summed E-state index contributed by atoms with van der Waals surface area (Å²) in [6.45, 7) is 2.17. The van der Waals surface area contributed by atoms with Gasteiger partial charge in [-0.25, -0.2) is 10.1 Å². The standard InChI is InChI=1S/C24H26N4O2/c1-3-4-6-13-19(16-18-11-7-5-8-12-18)17-25-26-23(29)22-20-14-9-10-15-21(20)24(30)28(2)27-22/h5,7-12,14-17H,3-4,6,13H2,1-2H3,(H,26,29)/b19-16+,25-17+. The Kier molecular flexibility index (Phi) is 7.27. The van der Waals surface area contributed by atoms with Crippen LogP contribution < -0.4 is 11.0 Å². The van der Waals surface area contributed by atoms with E-state index in [1.165, 1.54) is 11.7 Å². The number of nitrogens with zero attached hydrogens (tertiary/aromatic N) is 3. The molecule has 0 unspecified atom stereocenters. The zero-order valence-electron chi connectivity index (χ0n) is 17.3. The number of amides is 1. The zero-order chi connectivity index (χ0) is 21.3. The number of rotatable bonds is 8. The van der Waals surface area contributed by atoms with Crippen LogP contribution in [0.1, 0.15) is 48.7 Å². The lowest BCUT2D eigenvalue weighted by molar-refractivity contribution is 0.0950. The molecule has 1 amide bonds. The van der Waals surface area contributed by atoms with Gasteiger partial charge in [0.15, 0.2) is 5.69 Å². The van der Waals surface area contributed by atoms with Crippen molar-refractivity contribution in [1.29, 1.82) is 0 Å². The van der Waals surface area contributed by atoms with E-state index in [4.69, 9.17) is 0 Å². The number of carbonyl (C=O) groups is 1. The van der Waals surface area contributed by atoms with Gasteiger partial charge in [0.25, 0.3) is 11.5 Å². The summed E-state index contributed by atoms with van der Waals surface area (Å²) < 4.78 is 1.17. The fourth-order valence-corrected chi connectivity index (χ4v) is 3.21. The minimum Gasteiger partial charge on any atom is -0.267 e. The molecule has 1 aromatic heterocycles. The van der Waals surface area contributed by atoms with Gasteiger partial charge in [0.1, 0.15) is 0 Å². The number of hydrazone groups is 1. The van der Waals surface area contributed by atoms with E-state index >= 15 is 0 Å². The molecule has 3 aromatic rings. The Labute approximate surface area is 175 Å². The van der Waals surface area contributed by atoms with Gasteiger partial charge in [-0.3, -0.25) is 9.59 Å². The maximum absolute atomic E-state index is 12.7. The Hall–Kier alpha value is -3.54. The molecule has 0 saturated carbocycles. The van der Waals surface area contributed by atoms with E-state index < -0.39 is 5.91 Å². The van der Waals surface area contributed by atoms with Crippen molar-refractivity contribution < 1.29 is 4.79 Å². The van der Waals surface area contributed by atoms with Gasteiger partial charge in [0.2, 0.25) is 0 Å². The number of benzene rings is 2. The number of aryl methyl sites for hydroxylation is 1. The van der Waals surface area contributed by atoms with E-state index in [9.17, 15) is 9.59 Å². The number of allylic oxidation sites excluding steroid dienone is 1. The van der Waals surface area contributed by atoms with Crippen LogP contribution in [0.2, 0.25) is 0 Å². The average molecular weight is 402 g/mol. The van der Waals surface area contributed by atoms with Crippen molar-refractivity contribution in [1.82, 2.24) is 15.2 Å². The zero-order valence-corrected chi connectivity index (χ0v) is 17.3. The molecule has 1 heterocycles. The highest BCUT2D eigenvalue weighted by molar-refractivity contribution is 6.05. The molecule has 0 saturated heterocycles. The van der Waals surface area contributed by atoms with E-state index in [1.807, 2.05) is 30.3 Å². The van der Waals surface area contributed by atoms with Gasteiger partial charge in [0, 0.05) is 12.4 Å². The molecule has 0 bridgehead atoms. The van der Waals surface area contributed by atoms with E-state index in [2.05, 4.69) is 28.6 Å². The van der Waals surface area contributed by atoms with Gasteiger partial charge >= 0.3 is 0 Å². The second-order valence-electron chi connectivity index (χ2n) is 7.11. The van der Waals surface area contributed by atoms with Crippen molar-refractivity contribution in [2.45, 2.75) is 32.6 Å². The van der Waals surface area contributed by atoms with Crippen LogP contribution in [-0.2, 0) is 7.05 Å². The number of unbranched alkanes of at least 4 members (excludes halogenated alkanes) is 2. The van der Waals surface area contributed by atoms with E-state index in [-0.39, 0.29) is 11.3 Å². The van der Waals surface area contributed by atoms with Gasteiger partial charge in [-0.1, -0.05) is 74.4 Å². The summed E-state index contributed by atoms with van der Waals surface area (Å²) in [7, 11) is 1.53. The fourth-order valence-electron chi connectivity index (χ4n) is 3.21. The molecule has 1 N–H and O–H groups in total. The lowest BCUT2D eigenvalue weighted by atomic mass is 10.1. The quantitative estimate of drug-likeness (QED) is 0.346. The predicted octanol–water partition coefficient (Wildman–Crippen LogP) is 4.31. The van der Waals surface area contributed by atoms with Crippen LogP contribution in [0, 0.1) is 0 Å². The molecule has 0 aliphatic rings. The van der Waals surface area contributed by atoms with Crippen LogP contribution in [-0.4, -0.2) is 21.9 Å². The third-order valence-electron chi connectivity index (χ3n) is 4.79. The maximum Gasteiger partial charge on any atom is 0.292 e. The Morgan fingerprint density at radius 1 is 1.07 bits per heavy atom. The topological polar surface area (TPSA) is 76.3 Å². The fraction of sp³-hybridized carbons (Fsp3) is 0.250. The Morgan fingerprint density at radius 3 is 2.50 bits per heavy atom. The first-order chi connectivity index (χ1) is 14.6. The highest BCUT2D eigenvalue weighted by Crippen LogP contribution is 2.14. The summed E-state index contributed by atoms with van der Waals surface area (Å²) in [4.78, 5) is 24.9. The molecule has 30 heavy (non-hydrogen) atoms. The molecule has 0 atom stereocenters. The number of aromatic nitrogens is 2. The maximum atomic E-state index is 12.7. The van der Waals surface area contributed by atoms with Gasteiger partial charge in [0.05, 0.1) is 11.6 Å². The van der Waals surface area contributed by atoms with Crippen molar-refractivity contribution in [2.24, 2.45) is 12.1 Å². The first-order valence-corrected chi connectivity index (χ1v) is 10.1. The molecular formula is C24H26N4O2. The average Bonchev–Trinajstić information content (AvgIpc) is 2.77. The molecule has 154 valence electrons. The molecular weight excluding hydrogens is 376 g/mol. The van der Waals surface area contributed by atoms with Crippen molar-refractivity contribution in [3.63, 3.8) is 0 Å². The van der Waals surface area contributed by atoms with Gasteiger partial charge in [-0.2, -0.15) is 10.2 Å². The third-order valence-corrected chi connectivity index (χ3v) is 4.79. The smallest absolute Gasteiger partial charge is 0.267 e. The molecule has 0 fully saturated rings. The Bertz CT molecular complexity index is 1130. The molecule has 2 aromatic carbocycles. The number of nitrogens with one attached hydrogen (secondary N) is 1. The molecule has 6 nitrogen and oxygen atoms in total. The van der Waals surface area contributed by atoms with E-state index in [0.717, 1.165) is 36.8 Å². The van der Waals surface area contributed by atoms with Crippen molar-refractivity contribution in [3.8, 4) is 0 Å². The number of carbonyl (C=O) groups excluding carboxylic acids is 1. The lowest BCUT2D eigenvalue weighted by Gasteiger charge is -2.07. The van der Waals surface area contributed by atoms with Crippen LogP contribution in [0.5, 0.6) is 0 Å². The van der Waals surface area contributed by atoms with Crippen LogP contribution >= 0.6 is 0 Å². The second kappa shape index (κ2) is 10.3. The first-order valence-electron chi connectivity index (χ1n) is 10.1. The number of hydrogen-bond donors (Lipinski definition) is 1. The highest BCUT2D eigenvalue weighted by atomic mass is 16.2. The van der Waals surface area contributed by atoms with Crippen LogP contribution in [0.4, 0.5) is 0 Å². The first kappa shape index (κ1) is 21.2. The second-order valence-corrected chi connectivity index (χ2v) is 7.11. The summed E-state index contributed by atoms with van der Waals surface area (Å²) in [6.07, 6.45) is 7.97. The molecule has 0 spiro atoms. The molecule has 0 radical (unpaired) electrons. The van der Waals surface area contributed by atoms with Gasteiger partial charge in [-0.05, 0) is 30.0 Å². The normalized spacial score (nSPS) is 11.9. The molecule has 0 aliphatic carbocycles. The summed E-state index contributed by atoms with van der Waals surface area (Å²) in [5, 5.41) is 9.25. The van der Waals surface area contributed by atoms with Gasteiger partial charge in [-0.15, -0.1) is 0 Å². The summed E-state index contributed by atoms with van der Waals surface area (Å²) in [5.41, 5.74) is 4.61. The Balaban J connectivity index is 1.80. The van der Waals surface area contributed by atoms with Crippen LogP contribution in [0.15, 0.2) is 70.1 Å². The summed E-state index contributed by atoms with van der Waals surface area (Å²) in [5.74, 6) is -0.453. The number of hydrogen-bond acceptors (Lipinski definition) is 4. The monoisotopic (exact) mass is 402 g/mol. The minimum absolute atomic E-state index is 0.171. The van der Waals surface area contributed by atoms with Crippen molar-refractivity contribution >= 4 is 29.0 Å². The molecule has 6 heteroatoms. The SMILES string of the molecule is CCCCCC(/C=N/NC(=O)c1nn(C)c(=O)c2ccccc12)=C\c1ccccc1. The largest absolute Gasteiger partial charge is 0.292 e. The van der Waals surface area contributed by atoms with Gasteiger partial charge < -0.3 is 0 Å². The summed E-state index contributed by atoms with van der Waals surface area (Å²) >= 11 is 0. The lowest BCUT2D eigenvalue weighted by Crippen LogP contribution is -2.27. The highest BCUT2D eigenvalue weighted by Gasteiger charge is 2.14. The van der Waals surface area contributed by atoms with Crippen molar-refractivity contribution in [2.75, 3.05) is 0 Å². The predicted molar refractivity (Wildman–Crippen MR) is 122 cm³/mol. The van der Waals surface area contributed by atoms with Crippen LogP contribution in [0.25, 0.3) is 16.8 Å². The molecule has 3 rings (SSSR count). The van der Waals surface area contributed by atoms with Crippen molar-refractivity contribution in [3.05, 3.63) is 81.8 Å². The summed E-state index contributed by atoms with van der Waals surface area (Å²) in [6, 6.07) is 17.0. The minimum atomic E-state index is -0.453.